The summed E-state index contributed by atoms with van der Waals surface area (Å²) in [5.74, 6) is 1.05. The van der Waals surface area contributed by atoms with E-state index < -0.39 is 0 Å². The SMILES string of the molecule is CC(C)CN1CCC2(CC1)CN(c1ccccc1)C2=O. The maximum atomic E-state index is 12.6. The van der Waals surface area contributed by atoms with Gasteiger partial charge in [0.15, 0.2) is 0 Å². The highest BCUT2D eigenvalue weighted by Gasteiger charge is 2.53. The van der Waals surface area contributed by atoms with Crippen molar-refractivity contribution in [1.29, 1.82) is 0 Å². The van der Waals surface area contributed by atoms with Gasteiger partial charge in [0.2, 0.25) is 5.91 Å². The number of anilines is 1. The zero-order chi connectivity index (χ0) is 14.2. The summed E-state index contributed by atoms with van der Waals surface area (Å²) in [6.07, 6.45) is 2.06. The number of rotatable bonds is 3. The Hall–Kier alpha value is -1.35. The maximum Gasteiger partial charge on any atom is 0.235 e. The van der Waals surface area contributed by atoms with Gasteiger partial charge in [-0.25, -0.2) is 0 Å². The van der Waals surface area contributed by atoms with Crippen LogP contribution in [0.15, 0.2) is 30.3 Å². The molecule has 1 aromatic carbocycles. The summed E-state index contributed by atoms with van der Waals surface area (Å²) in [5, 5.41) is 0. The molecule has 3 heteroatoms. The lowest BCUT2D eigenvalue weighted by Gasteiger charge is -2.52. The lowest BCUT2D eigenvalue weighted by Crippen LogP contribution is -2.65. The molecule has 1 spiro atoms. The van der Waals surface area contributed by atoms with Gasteiger partial charge in [0.25, 0.3) is 0 Å². The second-order valence-corrected chi connectivity index (χ2v) is 6.70. The van der Waals surface area contributed by atoms with Crippen LogP contribution in [0.1, 0.15) is 26.7 Å². The molecule has 2 aliphatic rings. The first-order chi connectivity index (χ1) is 9.61. The first-order valence-corrected chi connectivity index (χ1v) is 7.70. The number of carbonyl (C=O) groups is 1. The molecule has 0 N–H and O–H groups in total. The fourth-order valence-electron chi connectivity index (χ4n) is 3.51. The molecule has 2 aliphatic heterocycles. The zero-order valence-corrected chi connectivity index (χ0v) is 12.5. The van der Waals surface area contributed by atoms with Crippen LogP contribution in [0.25, 0.3) is 0 Å². The van der Waals surface area contributed by atoms with Crippen LogP contribution in [-0.2, 0) is 4.79 Å². The lowest BCUT2D eigenvalue weighted by atomic mass is 9.70. The number of benzene rings is 1. The quantitative estimate of drug-likeness (QED) is 0.790. The second-order valence-electron chi connectivity index (χ2n) is 6.70. The fraction of sp³-hybridized carbons (Fsp3) is 0.588. The minimum atomic E-state index is -0.0523. The Bertz CT molecular complexity index is 475. The first-order valence-electron chi connectivity index (χ1n) is 7.70. The smallest absolute Gasteiger partial charge is 0.235 e. The normalized spacial score (nSPS) is 22.4. The van der Waals surface area contributed by atoms with Gasteiger partial charge in [-0.05, 0) is 44.0 Å². The number of hydrogen-bond acceptors (Lipinski definition) is 2. The van der Waals surface area contributed by atoms with E-state index in [1.54, 1.807) is 0 Å². The second kappa shape index (κ2) is 5.21. The Labute approximate surface area is 121 Å². The fourth-order valence-corrected chi connectivity index (χ4v) is 3.51. The van der Waals surface area contributed by atoms with Crippen LogP contribution < -0.4 is 4.90 Å². The van der Waals surface area contributed by atoms with Crippen molar-refractivity contribution in [3.8, 4) is 0 Å². The van der Waals surface area contributed by atoms with Crippen molar-refractivity contribution in [3.05, 3.63) is 30.3 Å². The average molecular weight is 272 g/mol. The third kappa shape index (κ3) is 2.35. The molecule has 1 aromatic rings. The average Bonchev–Trinajstić information content (AvgIpc) is 2.46. The molecule has 0 aliphatic carbocycles. The Kier molecular flexibility index (Phi) is 3.55. The molecule has 0 unspecified atom stereocenters. The van der Waals surface area contributed by atoms with Crippen molar-refractivity contribution >= 4 is 11.6 Å². The Morgan fingerprint density at radius 2 is 1.80 bits per heavy atom. The Morgan fingerprint density at radius 1 is 1.15 bits per heavy atom. The largest absolute Gasteiger partial charge is 0.311 e. The van der Waals surface area contributed by atoms with Crippen LogP contribution in [0.5, 0.6) is 0 Å². The number of nitrogens with zero attached hydrogens (tertiary/aromatic N) is 2. The number of amides is 1. The number of para-hydroxylation sites is 1. The number of β-lactam (4-membered cyclic amide) rings is 1. The third-order valence-corrected chi connectivity index (χ3v) is 4.66. The number of hydrogen-bond donors (Lipinski definition) is 0. The molecule has 20 heavy (non-hydrogen) atoms. The summed E-state index contributed by atoms with van der Waals surface area (Å²) in [5.41, 5.74) is 0.997. The Morgan fingerprint density at radius 3 is 2.35 bits per heavy atom. The Balaban J connectivity index is 1.60. The van der Waals surface area contributed by atoms with Crippen LogP contribution in [0, 0.1) is 11.3 Å². The van der Waals surface area contributed by atoms with E-state index in [9.17, 15) is 4.79 Å². The highest BCUT2D eigenvalue weighted by atomic mass is 16.2. The van der Waals surface area contributed by atoms with E-state index in [-0.39, 0.29) is 5.41 Å². The van der Waals surface area contributed by atoms with E-state index in [0.29, 0.717) is 11.8 Å². The summed E-state index contributed by atoms with van der Waals surface area (Å²) in [6, 6.07) is 10.0. The van der Waals surface area contributed by atoms with Gasteiger partial charge in [-0.2, -0.15) is 0 Å². The van der Waals surface area contributed by atoms with E-state index in [1.165, 1.54) is 0 Å². The highest BCUT2D eigenvalue weighted by Crippen LogP contribution is 2.43. The van der Waals surface area contributed by atoms with Gasteiger partial charge in [0, 0.05) is 18.8 Å². The first kappa shape index (κ1) is 13.6. The summed E-state index contributed by atoms with van der Waals surface area (Å²) < 4.78 is 0. The van der Waals surface area contributed by atoms with Gasteiger partial charge in [-0.3, -0.25) is 4.79 Å². The van der Waals surface area contributed by atoms with Crippen molar-refractivity contribution in [2.24, 2.45) is 11.3 Å². The molecular weight excluding hydrogens is 248 g/mol. The van der Waals surface area contributed by atoms with Crippen LogP contribution in [-0.4, -0.2) is 37.0 Å². The van der Waals surface area contributed by atoms with Crippen molar-refractivity contribution in [2.45, 2.75) is 26.7 Å². The molecule has 1 amide bonds. The van der Waals surface area contributed by atoms with Crippen molar-refractivity contribution in [3.63, 3.8) is 0 Å². The van der Waals surface area contributed by atoms with Crippen LogP contribution in [0.2, 0.25) is 0 Å². The summed E-state index contributed by atoms with van der Waals surface area (Å²) >= 11 is 0. The maximum absolute atomic E-state index is 12.6. The van der Waals surface area contributed by atoms with Crippen LogP contribution in [0.3, 0.4) is 0 Å². The predicted octanol–water partition coefficient (Wildman–Crippen LogP) is 2.77. The van der Waals surface area contributed by atoms with Crippen molar-refractivity contribution in [2.75, 3.05) is 31.1 Å². The molecule has 0 saturated carbocycles. The van der Waals surface area contributed by atoms with Crippen molar-refractivity contribution < 1.29 is 4.79 Å². The standard InChI is InChI=1S/C17H24N2O/c1-14(2)12-18-10-8-17(9-11-18)13-19(16(17)20)15-6-4-3-5-7-15/h3-7,14H,8-13H2,1-2H3. The van der Waals surface area contributed by atoms with E-state index >= 15 is 0 Å². The van der Waals surface area contributed by atoms with Crippen LogP contribution in [0.4, 0.5) is 5.69 Å². The van der Waals surface area contributed by atoms with E-state index in [1.807, 2.05) is 35.2 Å². The molecule has 0 aromatic heterocycles. The number of likely N-dealkylation sites (tertiary alicyclic amines) is 1. The molecule has 3 rings (SSSR count). The highest BCUT2D eigenvalue weighted by molar-refractivity contribution is 6.04. The lowest BCUT2D eigenvalue weighted by molar-refractivity contribution is -0.138. The topological polar surface area (TPSA) is 23.6 Å². The molecule has 2 heterocycles. The van der Waals surface area contributed by atoms with Gasteiger partial charge in [-0.1, -0.05) is 32.0 Å². The van der Waals surface area contributed by atoms with Gasteiger partial charge in [-0.15, -0.1) is 0 Å². The number of carbonyl (C=O) groups excluding carboxylic acids is 1. The number of piperidine rings is 1. The molecule has 2 saturated heterocycles. The summed E-state index contributed by atoms with van der Waals surface area (Å²) in [6.45, 7) is 8.74. The van der Waals surface area contributed by atoms with Crippen molar-refractivity contribution in [1.82, 2.24) is 4.90 Å². The third-order valence-electron chi connectivity index (χ3n) is 4.66. The van der Waals surface area contributed by atoms with Gasteiger partial charge in [0.05, 0.1) is 5.41 Å². The molecule has 108 valence electrons. The van der Waals surface area contributed by atoms with Crippen LogP contribution >= 0.6 is 0 Å². The molecule has 0 bridgehead atoms. The molecule has 3 nitrogen and oxygen atoms in total. The van der Waals surface area contributed by atoms with Gasteiger partial charge < -0.3 is 9.80 Å². The van der Waals surface area contributed by atoms with E-state index in [4.69, 9.17) is 0 Å². The molecule has 2 fully saturated rings. The predicted molar refractivity (Wildman–Crippen MR) is 81.7 cm³/mol. The molecule has 0 radical (unpaired) electrons. The van der Waals surface area contributed by atoms with Gasteiger partial charge >= 0.3 is 0 Å². The summed E-state index contributed by atoms with van der Waals surface area (Å²) in [7, 11) is 0. The minimum absolute atomic E-state index is 0.0523. The van der Waals surface area contributed by atoms with E-state index in [2.05, 4.69) is 18.7 Å². The summed E-state index contributed by atoms with van der Waals surface area (Å²) in [4.78, 5) is 17.0. The zero-order valence-electron chi connectivity index (χ0n) is 12.5. The molecule has 0 atom stereocenters. The van der Waals surface area contributed by atoms with E-state index in [0.717, 1.165) is 44.7 Å². The monoisotopic (exact) mass is 272 g/mol. The molecular formula is C17H24N2O. The minimum Gasteiger partial charge on any atom is -0.311 e. The van der Waals surface area contributed by atoms with Gasteiger partial charge in [0.1, 0.15) is 0 Å².